The molecular weight excluding hydrogens is 306 g/mol. The number of benzene rings is 1. The van der Waals surface area contributed by atoms with Crippen LogP contribution in [0.4, 0.5) is 0 Å². The fraction of sp³-hybridized carbons (Fsp3) is 0.389. The molecule has 2 aromatic rings. The smallest absolute Gasteiger partial charge is 0.191 e. The average Bonchev–Trinajstić information content (AvgIpc) is 3.12. The van der Waals surface area contributed by atoms with Gasteiger partial charge in [-0.25, -0.2) is 0 Å². The summed E-state index contributed by atoms with van der Waals surface area (Å²) in [6.07, 6.45) is 2.46. The zero-order valence-electron chi connectivity index (χ0n) is 14.2. The molecule has 0 amide bonds. The van der Waals surface area contributed by atoms with Crippen LogP contribution in [-0.4, -0.2) is 39.3 Å². The molecule has 0 bridgehead atoms. The van der Waals surface area contributed by atoms with Gasteiger partial charge in [0.05, 0.1) is 19.9 Å². The summed E-state index contributed by atoms with van der Waals surface area (Å²) in [6, 6.07) is 11.4. The maximum absolute atomic E-state index is 5.70. The molecule has 0 spiro atoms. The van der Waals surface area contributed by atoms with Crippen LogP contribution in [0.5, 0.6) is 11.5 Å². The predicted molar refractivity (Wildman–Crippen MR) is 94.9 cm³/mol. The van der Waals surface area contributed by atoms with Gasteiger partial charge in [0.15, 0.2) is 5.96 Å². The summed E-state index contributed by atoms with van der Waals surface area (Å²) >= 11 is 0. The van der Waals surface area contributed by atoms with Crippen LogP contribution in [0, 0.1) is 0 Å². The molecule has 0 unspecified atom stereocenters. The van der Waals surface area contributed by atoms with Crippen molar-refractivity contribution in [2.45, 2.75) is 13.3 Å². The molecule has 1 heterocycles. The first kappa shape index (κ1) is 17.7. The Morgan fingerprint density at radius 3 is 2.79 bits per heavy atom. The van der Waals surface area contributed by atoms with Gasteiger partial charge in [-0.1, -0.05) is 6.07 Å². The molecule has 0 aliphatic heterocycles. The van der Waals surface area contributed by atoms with Gasteiger partial charge in [-0.15, -0.1) is 0 Å². The minimum atomic E-state index is 0.537. The lowest BCUT2D eigenvalue weighted by molar-refractivity contribution is 0.319. The van der Waals surface area contributed by atoms with E-state index in [1.807, 2.05) is 43.3 Å². The van der Waals surface area contributed by atoms with Gasteiger partial charge in [0.25, 0.3) is 0 Å². The molecule has 24 heavy (non-hydrogen) atoms. The molecule has 1 aromatic carbocycles. The third-order valence-electron chi connectivity index (χ3n) is 3.26. The maximum atomic E-state index is 5.70. The number of rotatable bonds is 9. The van der Waals surface area contributed by atoms with Gasteiger partial charge in [0.2, 0.25) is 0 Å². The Morgan fingerprint density at radius 1 is 1.17 bits per heavy atom. The van der Waals surface area contributed by atoms with Crippen molar-refractivity contribution in [2.24, 2.45) is 4.99 Å². The van der Waals surface area contributed by atoms with Crippen LogP contribution < -0.4 is 20.1 Å². The van der Waals surface area contributed by atoms with Crippen molar-refractivity contribution in [3.8, 4) is 11.5 Å². The number of hydrogen-bond acceptors (Lipinski definition) is 4. The predicted octanol–water partition coefficient (Wildman–Crippen LogP) is 2.46. The molecule has 0 radical (unpaired) electrons. The average molecular weight is 331 g/mol. The van der Waals surface area contributed by atoms with Crippen molar-refractivity contribution in [3.05, 3.63) is 48.4 Å². The summed E-state index contributed by atoms with van der Waals surface area (Å²) in [5.41, 5.74) is 0. The fourth-order valence-electron chi connectivity index (χ4n) is 2.10. The van der Waals surface area contributed by atoms with Crippen molar-refractivity contribution in [2.75, 3.05) is 33.4 Å². The molecule has 130 valence electrons. The summed E-state index contributed by atoms with van der Waals surface area (Å²) in [7, 11) is 1.64. The molecule has 0 fully saturated rings. The Bertz CT molecular complexity index is 612. The Morgan fingerprint density at radius 2 is 2.04 bits per heavy atom. The summed E-state index contributed by atoms with van der Waals surface area (Å²) in [4.78, 5) is 4.52. The first-order valence-corrected chi connectivity index (χ1v) is 8.13. The first-order valence-electron chi connectivity index (χ1n) is 8.13. The van der Waals surface area contributed by atoms with E-state index in [4.69, 9.17) is 13.9 Å². The van der Waals surface area contributed by atoms with E-state index < -0.39 is 0 Å². The molecule has 0 atom stereocenters. The molecule has 6 nitrogen and oxygen atoms in total. The van der Waals surface area contributed by atoms with Crippen molar-refractivity contribution in [1.29, 1.82) is 0 Å². The quantitative estimate of drug-likeness (QED) is 0.420. The maximum Gasteiger partial charge on any atom is 0.191 e. The van der Waals surface area contributed by atoms with E-state index in [2.05, 4.69) is 15.6 Å². The minimum absolute atomic E-state index is 0.537. The van der Waals surface area contributed by atoms with Crippen molar-refractivity contribution in [1.82, 2.24) is 10.6 Å². The van der Waals surface area contributed by atoms with Crippen molar-refractivity contribution >= 4 is 5.96 Å². The van der Waals surface area contributed by atoms with E-state index in [9.17, 15) is 0 Å². The van der Waals surface area contributed by atoms with Crippen LogP contribution in [0.15, 0.2) is 52.1 Å². The van der Waals surface area contributed by atoms with Crippen LogP contribution >= 0.6 is 0 Å². The Kier molecular flexibility index (Phi) is 7.53. The topological polar surface area (TPSA) is 68.0 Å². The number of guanidine groups is 1. The van der Waals surface area contributed by atoms with E-state index in [0.717, 1.165) is 36.2 Å². The highest BCUT2D eigenvalue weighted by Crippen LogP contribution is 2.18. The highest BCUT2D eigenvalue weighted by molar-refractivity contribution is 5.79. The lowest BCUT2D eigenvalue weighted by Crippen LogP contribution is -2.39. The lowest BCUT2D eigenvalue weighted by atomic mass is 10.3. The largest absolute Gasteiger partial charge is 0.497 e. The second kappa shape index (κ2) is 10.2. The number of ether oxygens (including phenoxy) is 2. The van der Waals surface area contributed by atoms with Crippen molar-refractivity contribution in [3.63, 3.8) is 0 Å². The highest BCUT2D eigenvalue weighted by atomic mass is 16.5. The number of hydrogen-bond donors (Lipinski definition) is 2. The number of nitrogens with zero attached hydrogens (tertiary/aromatic N) is 1. The van der Waals surface area contributed by atoms with E-state index in [-0.39, 0.29) is 0 Å². The molecule has 2 N–H and O–H groups in total. The molecule has 6 heteroatoms. The van der Waals surface area contributed by atoms with E-state index in [1.165, 1.54) is 0 Å². The number of methoxy groups -OCH3 is 1. The van der Waals surface area contributed by atoms with Crippen LogP contribution in [0.25, 0.3) is 0 Å². The number of aliphatic imine (C=N–C) groups is 1. The van der Waals surface area contributed by atoms with E-state index in [1.54, 1.807) is 13.4 Å². The first-order chi connectivity index (χ1) is 11.8. The molecule has 0 saturated carbocycles. The van der Waals surface area contributed by atoms with Gasteiger partial charge in [-0.2, -0.15) is 0 Å². The number of furan rings is 1. The minimum Gasteiger partial charge on any atom is -0.497 e. The zero-order valence-corrected chi connectivity index (χ0v) is 14.2. The molecule has 0 aliphatic carbocycles. The summed E-state index contributed by atoms with van der Waals surface area (Å²) < 4.78 is 16.2. The summed E-state index contributed by atoms with van der Waals surface area (Å²) in [5.74, 6) is 3.29. The number of nitrogens with one attached hydrogen (secondary N) is 2. The highest BCUT2D eigenvalue weighted by Gasteiger charge is 2.00. The Labute approximate surface area is 142 Å². The van der Waals surface area contributed by atoms with Gasteiger partial charge in [-0.3, -0.25) is 4.99 Å². The monoisotopic (exact) mass is 331 g/mol. The van der Waals surface area contributed by atoms with Gasteiger partial charge in [-0.05, 0) is 31.2 Å². The summed E-state index contributed by atoms with van der Waals surface area (Å²) in [5, 5.41) is 6.46. The third-order valence-corrected chi connectivity index (χ3v) is 3.26. The van der Waals surface area contributed by atoms with Gasteiger partial charge >= 0.3 is 0 Å². The molecule has 1 aromatic heterocycles. The summed E-state index contributed by atoms with van der Waals surface area (Å²) in [6.45, 7) is 4.71. The fourth-order valence-corrected chi connectivity index (χ4v) is 2.10. The van der Waals surface area contributed by atoms with Gasteiger partial charge in [0, 0.05) is 25.6 Å². The van der Waals surface area contributed by atoms with Gasteiger partial charge in [0.1, 0.15) is 23.9 Å². The molecule has 2 rings (SSSR count). The normalized spacial score (nSPS) is 11.2. The van der Waals surface area contributed by atoms with Crippen LogP contribution in [-0.2, 0) is 6.42 Å². The molecule has 0 aliphatic rings. The van der Waals surface area contributed by atoms with E-state index in [0.29, 0.717) is 19.7 Å². The zero-order chi connectivity index (χ0) is 17.0. The van der Waals surface area contributed by atoms with Crippen LogP contribution in [0.3, 0.4) is 0 Å². The van der Waals surface area contributed by atoms with Gasteiger partial charge < -0.3 is 24.5 Å². The Hall–Kier alpha value is -2.63. The SMILES string of the molecule is CCNC(=NCCc1ccco1)NCCOc1cccc(OC)c1. The lowest BCUT2D eigenvalue weighted by Gasteiger charge is -2.12. The van der Waals surface area contributed by atoms with Crippen molar-refractivity contribution < 1.29 is 13.9 Å². The standard InChI is InChI=1S/C18H25N3O3/c1-3-19-18(20-10-9-15-8-5-12-23-15)21-11-13-24-17-7-4-6-16(14-17)22-2/h4-8,12,14H,3,9-11,13H2,1-2H3,(H2,19,20,21). The second-order valence-electron chi connectivity index (χ2n) is 5.04. The second-order valence-corrected chi connectivity index (χ2v) is 5.04. The van der Waals surface area contributed by atoms with Crippen LogP contribution in [0.1, 0.15) is 12.7 Å². The molecular formula is C18H25N3O3. The Balaban J connectivity index is 1.72. The van der Waals surface area contributed by atoms with Crippen LogP contribution in [0.2, 0.25) is 0 Å². The third kappa shape index (κ3) is 6.24. The molecule has 0 saturated heterocycles. The van der Waals surface area contributed by atoms with E-state index >= 15 is 0 Å².